The Labute approximate surface area is 198 Å². The molecule has 0 saturated carbocycles. The molecule has 33 heavy (non-hydrogen) atoms. The van der Waals surface area contributed by atoms with Gasteiger partial charge in [-0.15, -0.1) is 11.3 Å². The SMILES string of the molecule is CCc1cccc(NC(=O)C2CCN(S(=O)(=O)c3cc(C(=O)N4CCOCC4)cs3)CC2)c1. The molecule has 0 bridgehead atoms. The standard InChI is InChI=1S/C23H29N3O5S2/c1-2-17-4-3-5-20(14-17)24-22(27)18-6-8-26(9-7-18)33(29,30)21-15-19(16-32-21)23(28)25-10-12-31-13-11-25/h3-5,14-16,18H,2,6-13H2,1H3,(H,24,27). The van der Waals surface area contributed by atoms with Crippen LogP contribution in [0.25, 0.3) is 0 Å². The number of ether oxygens (including phenoxy) is 1. The Morgan fingerprint density at radius 1 is 1.12 bits per heavy atom. The molecule has 2 aliphatic rings. The number of thiophene rings is 1. The molecule has 178 valence electrons. The van der Waals surface area contributed by atoms with E-state index in [4.69, 9.17) is 4.74 Å². The van der Waals surface area contributed by atoms with Gasteiger partial charge in [-0.3, -0.25) is 9.59 Å². The van der Waals surface area contributed by atoms with Gasteiger partial charge in [-0.05, 0) is 43.0 Å². The number of nitrogens with one attached hydrogen (secondary N) is 1. The second-order valence-electron chi connectivity index (χ2n) is 8.28. The maximum Gasteiger partial charge on any atom is 0.254 e. The first kappa shape index (κ1) is 23.9. The maximum atomic E-state index is 13.1. The predicted octanol–water partition coefficient (Wildman–Crippen LogP) is 2.82. The largest absolute Gasteiger partial charge is 0.378 e. The number of amides is 2. The molecule has 0 spiro atoms. The van der Waals surface area contributed by atoms with E-state index in [1.54, 1.807) is 10.3 Å². The minimum absolute atomic E-state index is 0.0742. The van der Waals surface area contributed by atoms with E-state index >= 15 is 0 Å². The van der Waals surface area contributed by atoms with Crippen molar-refractivity contribution in [1.29, 1.82) is 0 Å². The number of sulfonamides is 1. The zero-order valence-corrected chi connectivity index (χ0v) is 20.3. The third-order valence-corrected chi connectivity index (χ3v) is 9.46. The van der Waals surface area contributed by atoms with Gasteiger partial charge in [-0.25, -0.2) is 8.42 Å². The van der Waals surface area contributed by atoms with Crippen LogP contribution in [0.4, 0.5) is 5.69 Å². The minimum Gasteiger partial charge on any atom is -0.378 e. The summed E-state index contributed by atoms with van der Waals surface area (Å²) in [6, 6.07) is 9.23. The molecule has 0 unspecified atom stereocenters. The zero-order valence-electron chi connectivity index (χ0n) is 18.7. The quantitative estimate of drug-likeness (QED) is 0.670. The van der Waals surface area contributed by atoms with Crippen LogP contribution in [0.5, 0.6) is 0 Å². The van der Waals surface area contributed by atoms with Crippen molar-refractivity contribution in [2.24, 2.45) is 5.92 Å². The van der Waals surface area contributed by atoms with Gasteiger partial charge in [0.25, 0.3) is 15.9 Å². The van der Waals surface area contributed by atoms with Crippen LogP contribution in [0.15, 0.2) is 39.9 Å². The molecule has 2 aliphatic heterocycles. The van der Waals surface area contributed by atoms with Gasteiger partial charge < -0.3 is 15.0 Å². The first-order valence-corrected chi connectivity index (χ1v) is 13.6. The number of piperidine rings is 1. The molecule has 2 fully saturated rings. The molecule has 1 N–H and O–H groups in total. The van der Waals surface area contributed by atoms with Gasteiger partial charge in [-0.2, -0.15) is 4.31 Å². The van der Waals surface area contributed by atoms with Crippen LogP contribution >= 0.6 is 11.3 Å². The summed E-state index contributed by atoms with van der Waals surface area (Å²) in [7, 11) is -3.70. The molecular formula is C23H29N3O5S2. The first-order chi connectivity index (χ1) is 15.9. The number of anilines is 1. The van der Waals surface area contributed by atoms with E-state index in [-0.39, 0.29) is 35.0 Å². The first-order valence-electron chi connectivity index (χ1n) is 11.2. The highest BCUT2D eigenvalue weighted by atomic mass is 32.2. The van der Waals surface area contributed by atoms with Gasteiger partial charge in [0.1, 0.15) is 4.21 Å². The Morgan fingerprint density at radius 2 is 1.85 bits per heavy atom. The van der Waals surface area contributed by atoms with E-state index in [9.17, 15) is 18.0 Å². The van der Waals surface area contributed by atoms with Crippen molar-refractivity contribution in [3.63, 3.8) is 0 Å². The van der Waals surface area contributed by atoms with E-state index in [1.807, 2.05) is 24.3 Å². The van der Waals surface area contributed by atoms with E-state index in [0.717, 1.165) is 29.0 Å². The van der Waals surface area contributed by atoms with E-state index in [2.05, 4.69) is 12.2 Å². The van der Waals surface area contributed by atoms with Gasteiger partial charge >= 0.3 is 0 Å². The highest BCUT2D eigenvalue weighted by molar-refractivity contribution is 7.91. The predicted molar refractivity (Wildman–Crippen MR) is 127 cm³/mol. The van der Waals surface area contributed by atoms with Gasteiger partial charge in [-0.1, -0.05) is 19.1 Å². The fourth-order valence-corrected chi connectivity index (χ4v) is 6.89. The van der Waals surface area contributed by atoms with Gasteiger partial charge in [0.15, 0.2) is 0 Å². The molecule has 2 amide bonds. The van der Waals surface area contributed by atoms with Gasteiger partial charge in [0, 0.05) is 43.2 Å². The number of hydrogen-bond donors (Lipinski definition) is 1. The number of rotatable bonds is 6. The van der Waals surface area contributed by atoms with E-state index in [1.165, 1.54) is 10.4 Å². The average molecular weight is 492 g/mol. The monoisotopic (exact) mass is 491 g/mol. The molecular weight excluding hydrogens is 462 g/mol. The lowest BCUT2D eigenvalue weighted by molar-refractivity contribution is -0.120. The Balaban J connectivity index is 1.35. The smallest absolute Gasteiger partial charge is 0.254 e. The van der Waals surface area contributed by atoms with Crippen molar-refractivity contribution in [2.45, 2.75) is 30.4 Å². The summed E-state index contributed by atoms with van der Waals surface area (Å²) in [6.07, 6.45) is 1.81. The zero-order chi connectivity index (χ0) is 23.4. The minimum atomic E-state index is -3.70. The van der Waals surface area contributed by atoms with Crippen LogP contribution in [-0.4, -0.2) is 68.8 Å². The number of aryl methyl sites for hydroxylation is 1. The lowest BCUT2D eigenvalue weighted by atomic mass is 9.97. The van der Waals surface area contributed by atoms with Crippen molar-refractivity contribution in [3.05, 3.63) is 46.8 Å². The lowest BCUT2D eigenvalue weighted by Gasteiger charge is -2.30. The Kier molecular flexibility index (Phi) is 7.48. The number of benzene rings is 1. The fourth-order valence-electron chi connectivity index (χ4n) is 4.11. The molecule has 0 radical (unpaired) electrons. The number of morpholine rings is 1. The molecule has 0 aliphatic carbocycles. The highest BCUT2D eigenvalue weighted by Gasteiger charge is 2.33. The maximum absolute atomic E-state index is 13.1. The van der Waals surface area contributed by atoms with Crippen LogP contribution in [0.3, 0.4) is 0 Å². The number of carbonyl (C=O) groups excluding carboxylic acids is 2. The van der Waals surface area contributed by atoms with Crippen molar-refractivity contribution in [2.75, 3.05) is 44.7 Å². The lowest BCUT2D eigenvalue weighted by Crippen LogP contribution is -2.41. The van der Waals surface area contributed by atoms with E-state index in [0.29, 0.717) is 44.7 Å². The third kappa shape index (κ3) is 5.46. The Bertz CT molecular complexity index is 1100. The molecule has 8 nitrogen and oxygen atoms in total. The number of hydrogen-bond acceptors (Lipinski definition) is 6. The summed E-state index contributed by atoms with van der Waals surface area (Å²) in [6.45, 7) is 4.62. The van der Waals surface area contributed by atoms with Crippen molar-refractivity contribution in [3.8, 4) is 0 Å². The van der Waals surface area contributed by atoms with Crippen molar-refractivity contribution >= 4 is 38.9 Å². The van der Waals surface area contributed by atoms with Gasteiger partial charge in [0.2, 0.25) is 5.91 Å². The van der Waals surface area contributed by atoms with Crippen LogP contribution in [-0.2, 0) is 26.0 Å². The van der Waals surface area contributed by atoms with Crippen molar-refractivity contribution < 1.29 is 22.7 Å². The Morgan fingerprint density at radius 3 is 2.55 bits per heavy atom. The van der Waals surface area contributed by atoms with Gasteiger partial charge in [0.05, 0.1) is 18.8 Å². The number of nitrogens with zero attached hydrogens (tertiary/aromatic N) is 2. The number of carbonyl (C=O) groups is 2. The van der Waals surface area contributed by atoms with Crippen LogP contribution in [0.2, 0.25) is 0 Å². The van der Waals surface area contributed by atoms with Crippen LogP contribution in [0, 0.1) is 5.92 Å². The highest BCUT2D eigenvalue weighted by Crippen LogP contribution is 2.29. The second-order valence-corrected chi connectivity index (χ2v) is 11.4. The summed E-state index contributed by atoms with van der Waals surface area (Å²) in [5.41, 5.74) is 2.31. The summed E-state index contributed by atoms with van der Waals surface area (Å²) in [5.74, 6) is -0.475. The van der Waals surface area contributed by atoms with Crippen LogP contribution < -0.4 is 5.32 Å². The molecule has 10 heteroatoms. The second kappa shape index (κ2) is 10.3. The molecule has 1 aromatic carbocycles. The average Bonchev–Trinajstić information content (AvgIpc) is 3.35. The molecule has 0 atom stereocenters. The van der Waals surface area contributed by atoms with E-state index < -0.39 is 10.0 Å². The summed E-state index contributed by atoms with van der Waals surface area (Å²) < 4.78 is 33.1. The fraction of sp³-hybridized carbons (Fsp3) is 0.478. The topological polar surface area (TPSA) is 96.0 Å². The molecule has 4 rings (SSSR count). The summed E-state index contributed by atoms with van der Waals surface area (Å²) in [4.78, 5) is 27.0. The molecule has 1 aromatic heterocycles. The normalized spacial score (nSPS) is 18.3. The summed E-state index contributed by atoms with van der Waals surface area (Å²) in [5, 5.41) is 4.57. The molecule has 2 aromatic rings. The Hall–Kier alpha value is -2.27. The summed E-state index contributed by atoms with van der Waals surface area (Å²) >= 11 is 1.07. The molecule has 2 saturated heterocycles. The third-order valence-electron chi connectivity index (χ3n) is 6.14. The molecule has 3 heterocycles. The van der Waals surface area contributed by atoms with Crippen LogP contribution in [0.1, 0.15) is 35.7 Å². The van der Waals surface area contributed by atoms with Crippen molar-refractivity contribution in [1.82, 2.24) is 9.21 Å².